The van der Waals surface area contributed by atoms with Crippen molar-refractivity contribution >= 4 is 34.7 Å². The average molecular weight is 247 g/mol. The fraction of sp³-hybridized carbons (Fsp3) is 0.333. The van der Waals surface area contributed by atoms with Gasteiger partial charge in [-0.1, -0.05) is 19.1 Å². The Morgan fingerprint density at radius 3 is 2.80 bits per heavy atom. The Morgan fingerprint density at radius 1 is 1.73 bits per heavy atom. The minimum atomic E-state index is -0.374. The van der Waals surface area contributed by atoms with E-state index in [0.717, 1.165) is 0 Å². The molecule has 0 radical (unpaired) electrons. The highest BCUT2D eigenvalue weighted by Gasteiger charge is 2.16. The molecule has 15 heavy (non-hydrogen) atoms. The molecule has 0 spiro atoms. The normalized spacial score (nSPS) is 12.1. The first kappa shape index (κ1) is 12.0. The molecule has 1 atom stereocenters. The lowest BCUT2D eigenvalue weighted by atomic mass is 10.2. The van der Waals surface area contributed by atoms with Crippen LogP contribution < -0.4 is 11.1 Å². The number of carbonyl (C=O) groups is 1. The van der Waals surface area contributed by atoms with E-state index in [-0.39, 0.29) is 27.9 Å². The number of furan rings is 1. The largest absolute Gasteiger partial charge is 0.440 e. The smallest absolute Gasteiger partial charge is 0.287 e. The van der Waals surface area contributed by atoms with Crippen molar-refractivity contribution in [1.82, 2.24) is 5.32 Å². The number of nitrogens with two attached hydrogens (primary N) is 1. The summed E-state index contributed by atoms with van der Waals surface area (Å²) in [4.78, 5) is 11.8. The van der Waals surface area contributed by atoms with E-state index in [1.54, 1.807) is 0 Å². The first-order chi connectivity index (χ1) is 7.04. The van der Waals surface area contributed by atoms with Gasteiger partial charge in [-0.25, -0.2) is 0 Å². The minimum absolute atomic E-state index is 0.148. The Balaban J connectivity index is 2.66. The second-order valence-corrected chi connectivity index (χ2v) is 3.78. The molecule has 0 aromatic carbocycles. The summed E-state index contributed by atoms with van der Waals surface area (Å²) in [7, 11) is 0. The van der Waals surface area contributed by atoms with Crippen LogP contribution in [0.25, 0.3) is 0 Å². The number of amides is 1. The predicted molar refractivity (Wildman–Crippen MR) is 62.0 cm³/mol. The highest BCUT2D eigenvalue weighted by Crippen LogP contribution is 2.13. The number of halogens is 1. The fourth-order valence-electron chi connectivity index (χ4n) is 1.04. The molecule has 6 heteroatoms. The zero-order chi connectivity index (χ0) is 11.4. The quantitative estimate of drug-likeness (QED) is 0.794. The maximum atomic E-state index is 11.6. The lowest BCUT2D eigenvalue weighted by Gasteiger charge is -2.13. The van der Waals surface area contributed by atoms with Crippen LogP contribution in [0.3, 0.4) is 0 Å². The van der Waals surface area contributed by atoms with Gasteiger partial charge in [-0.05, 0) is 30.2 Å². The Morgan fingerprint density at radius 2 is 2.40 bits per heavy atom. The highest BCUT2D eigenvalue weighted by molar-refractivity contribution is 7.80. The van der Waals surface area contributed by atoms with Crippen LogP contribution in [-0.4, -0.2) is 16.9 Å². The van der Waals surface area contributed by atoms with Gasteiger partial charge < -0.3 is 15.5 Å². The van der Waals surface area contributed by atoms with Gasteiger partial charge in [0.25, 0.3) is 5.91 Å². The van der Waals surface area contributed by atoms with Crippen molar-refractivity contribution in [2.75, 3.05) is 0 Å². The number of rotatable bonds is 4. The molecule has 4 nitrogen and oxygen atoms in total. The van der Waals surface area contributed by atoms with Crippen LogP contribution in [0.4, 0.5) is 0 Å². The molecule has 0 aliphatic rings. The minimum Gasteiger partial charge on any atom is -0.440 e. The monoisotopic (exact) mass is 246 g/mol. The Hall–Kier alpha value is -1.07. The van der Waals surface area contributed by atoms with Gasteiger partial charge in [0.1, 0.15) is 0 Å². The lowest BCUT2D eigenvalue weighted by molar-refractivity contribution is 0.0918. The zero-order valence-electron chi connectivity index (χ0n) is 8.12. The van der Waals surface area contributed by atoms with Crippen LogP contribution >= 0.6 is 23.8 Å². The second kappa shape index (κ2) is 5.14. The number of nitrogens with one attached hydrogen (secondary N) is 1. The zero-order valence-corrected chi connectivity index (χ0v) is 9.69. The van der Waals surface area contributed by atoms with Gasteiger partial charge in [0, 0.05) is 0 Å². The molecule has 1 rings (SSSR count). The SMILES string of the molecule is CCC(NC(=O)c1ccc(Cl)o1)C(N)=S. The molecule has 0 aliphatic heterocycles. The molecule has 0 bridgehead atoms. The van der Waals surface area contributed by atoms with Crippen LogP contribution in [0.2, 0.25) is 5.22 Å². The summed E-state index contributed by atoms with van der Waals surface area (Å²) in [5.74, 6) is -0.226. The van der Waals surface area contributed by atoms with Gasteiger partial charge >= 0.3 is 0 Å². The maximum Gasteiger partial charge on any atom is 0.287 e. The van der Waals surface area contributed by atoms with Gasteiger partial charge in [-0.2, -0.15) is 0 Å². The van der Waals surface area contributed by atoms with Crippen molar-refractivity contribution in [2.45, 2.75) is 19.4 Å². The molecule has 82 valence electrons. The van der Waals surface area contributed by atoms with E-state index in [1.807, 2.05) is 6.92 Å². The average Bonchev–Trinajstić information content (AvgIpc) is 2.60. The van der Waals surface area contributed by atoms with Crippen molar-refractivity contribution in [2.24, 2.45) is 5.73 Å². The molecular weight excluding hydrogens is 236 g/mol. The van der Waals surface area contributed by atoms with E-state index in [4.69, 9.17) is 34.0 Å². The third-order valence-electron chi connectivity index (χ3n) is 1.85. The van der Waals surface area contributed by atoms with E-state index >= 15 is 0 Å². The number of hydrogen-bond acceptors (Lipinski definition) is 3. The number of thiocarbonyl (C=S) groups is 1. The molecule has 1 aromatic rings. The number of carbonyl (C=O) groups excluding carboxylic acids is 1. The van der Waals surface area contributed by atoms with Crippen molar-refractivity contribution in [1.29, 1.82) is 0 Å². The molecule has 1 heterocycles. The standard InChI is InChI=1S/C9H11ClN2O2S/c1-2-5(8(11)15)12-9(13)6-3-4-7(10)14-6/h3-5H,2H2,1H3,(H2,11,15)(H,12,13). The van der Waals surface area contributed by atoms with Crippen LogP contribution in [0.1, 0.15) is 23.9 Å². The summed E-state index contributed by atoms with van der Waals surface area (Å²) in [6.45, 7) is 1.87. The number of hydrogen-bond donors (Lipinski definition) is 2. The third-order valence-corrected chi connectivity index (χ3v) is 2.34. The highest BCUT2D eigenvalue weighted by atomic mass is 35.5. The van der Waals surface area contributed by atoms with Crippen molar-refractivity contribution < 1.29 is 9.21 Å². The summed E-state index contributed by atoms with van der Waals surface area (Å²) in [5.41, 5.74) is 5.44. The fourth-order valence-corrected chi connectivity index (χ4v) is 1.41. The summed E-state index contributed by atoms with van der Waals surface area (Å²) >= 11 is 10.3. The lowest BCUT2D eigenvalue weighted by Crippen LogP contribution is -2.42. The summed E-state index contributed by atoms with van der Waals surface area (Å²) in [6.07, 6.45) is 0.634. The molecular formula is C9H11ClN2O2S. The van der Waals surface area contributed by atoms with Crippen molar-refractivity contribution in [3.8, 4) is 0 Å². The van der Waals surface area contributed by atoms with Crippen molar-refractivity contribution in [3.63, 3.8) is 0 Å². The maximum absolute atomic E-state index is 11.6. The van der Waals surface area contributed by atoms with Crippen LogP contribution in [0.15, 0.2) is 16.5 Å². The van der Waals surface area contributed by atoms with Gasteiger partial charge in [0.15, 0.2) is 11.0 Å². The Bertz CT molecular complexity index is 378. The molecule has 1 amide bonds. The van der Waals surface area contributed by atoms with Gasteiger partial charge in [0.2, 0.25) is 0 Å². The van der Waals surface area contributed by atoms with E-state index in [2.05, 4.69) is 5.32 Å². The van der Waals surface area contributed by atoms with Crippen LogP contribution in [-0.2, 0) is 0 Å². The van der Waals surface area contributed by atoms with E-state index in [0.29, 0.717) is 6.42 Å². The molecule has 0 saturated carbocycles. The molecule has 0 saturated heterocycles. The second-order valence-electron chi connectivity index (χ2n) is 2.94. The van der Waals surface area contributed by atoms with E-state index in [9.17, 15) is 4.79 Å². The Labute approximate surface area is 97.8 Å². The Kier molecular flexibility index (Phi) is 4.11. The van der Waals surface area contributed by atoms with Gasteiger partial charge in [-0.15, -0.1) is 0 Å². The molecule has 0 aliphatic carbocycles. The first-order valence-corrected chi connectivity index (χ1v) is 5.18. The first-order valence-electron chi connectivity index (χ1n) is 4.40. The molecule has 1 unspecified atom stereocenters. The van der Waals surface area contributed by atoms with Gasteiger partial charge in [-0.3, -0.25) is 4.79 Å². The van der Waals surface area contributed by atoms with Crippen LogP contribution in [0.5, 0.6) is 0 Å². The molecule has 3 N–H and O–H groups in total. The van der Waals surface area contributed by atoms with Crippen LogP contribution in [0, 0.1) is 0 Å². The van der Waals surface area contributed by atoms with Gasteiger partial charge in [0.05, 0.1) is 11.0 Å². The predicted octanol–water partition coefficient (Wildman–Crippen LogP) is 1.73. The summed E-state index contributed by atoms with van der Waals surface area (Å²) in [6, 6.07) is 2.67. The summed E-state index contributed by atoms with van der Waals surface area (Å²) in [5, 5.41) is 2.81. The molecule has 1 aromatic heterocycles. The third kappa shape index (κ3) is 3.21. The topological polar surface area (TPSA) is 68.3 Å². The summed E-state index contributed by atoms with van der Waals surface area (Å²) < 4.78 is 4.94. The van der Waals surface area contributed by atoms with E-state index < -0.39 is 0 Å². The molecule has 0 fully saturated rings. The van der Waals surface area contributed by atoms with E-state index in [1.165, 1.54) is 12.1 Å². The van der Waals surface area contributed by atoms with Crippen molar-refractivity contribution in [3.05, 3.63) is 23.1 Å².